The molecule has 0 bridgehead atoms. The smallest absolute Gasteiger partial charge is 0.272 e. The van der Waals surface area contributed by atoms with Gasteiger partial charge in [0, 0.05) is 28.7 Å². The first kappa shape index (κ1) is 25.5. The highest BCUT2D eigenvalue weighted by Gasteiger charge is 2.27. The van der Waals surface area contributed by atoms with E-state index >= 15 is 0 Å². The summed E-state index contributed by atoms with van der Waals surface area (Å²) in [6.45, 7) is -0.565. The second-order valence-corrected chi connectivity index (χ2v) is 9.39. The van der Waals surface area contributed by atoms with Crippen LogP contribution in [0.3, 0.4) is 0 Å². The highest BCUT2D eigenvalue weighted by atomic mass is 35.5. The largest absolute Gasteiger partial charge is 0.493 e. The van der Waals surface area contributed by atoms with Gasteiger partial charge in [-0.2, -0.15) is 0 Å². The third kappa shape index (κ3) is 5.97. The Morgan fingerprint density at radius 3 is 2.54 bits per heavy atom. The first-order valence-corrected chi connectivity index (χ1v) is 12.6. The van der Waals surface area contributed by atoms with Crippen molar-refractivity contribution in [3.63, 3.8) is 0 Å². The summed E-state index contributed by atoms with van der Waals surface area (Å²) in [4.78, 5) is 17.9. The van der Waals surface area contributed by atoms with Gasteiger partial charge in [-0.05, 0) is 55.3 Å². The number of hydrogen-bond acceptors (Lipinski definition) is 4. The van der Waals surface area contributed by atoms with E-state index in [0.717, 1.165) is 25.7 Å². The monoisotopic (exact) mass is 519 g/mol. The lowest BCUT2D eigenvalue weighted by Gasteiger charge is -2.22. The van der Waals surface area contributed by atoms with Gasteiger partial charge in [0.15, 0.2) is 5.69 Å². The van der Waals surface area contributed by atoms with Crippen LogP contribution in [0.1, 0.15) is 54.7 Å². The Balaban J connectivity index is 1.76. The van der Waals surface area contributed by atoms with Gasteiger partial charge in [0.1, 0.15) is 11.6 Å². The third-order valence-electron chi connectivity index (χ3n) is 6.09. The molecule has 4 rings (SSSR count). The molecule has 0 atom stereocenters. The fourth-order valence-electron chi connectivity index (χ4n) is 4.35. The Morgan fingerprint density at radius 1 is 1.14 bits per heavy atom. The first-order valence-electron chi connectivity index (χ1n) is 11.8. The number of hydrogen-bond donors (Lipinski definition) is 2. The number of aromatic nitrogens is 2. The standard InChI is InChI=1S/C26H28Cl2FN3O3/c27-17-7-12-21(22(28)15-17)25-31-24(26(34)30-18-5-2-1-3-6-18)23(16-33)32(25)19-8-10-20(11-9-19)35-14-4-13-29/h7-12,15,18,33H,1-6,13-14,16H2,(H,30,34). The molecule has 2 aromatic carbocycles. The zero-order chi connectivity index (χ0) is 24.8. The fourth-order valence-corrected chi connectivity index (χ4v) is 4.84. The molecule has 186 valence electrons. The van der Waals surface area contributed by atoms with Gasteiger partial charge in [0.2, 0.25) is 0 Å². The van der Waals surface area contributed by atoms with Gasteiger partial charge in [-0.25, -0.2) is 4.98 Å². The van der Waals surface area contributed by atoms with E-state index in [1.54, 1.807) is 47.0 Å². The number of rotatable bonds is 9. The van der Waals surface area contributed by atoms with Gasteiger partial charge in [0.05, 0.1) is 30.6 Å². The zero-order valence-electron chi connectivity index (χ0n) is 19.3. The number of imidazole rings is 1. The van der Waals surface area contributed by atoms with Crippen molar-refractivity contribution in [2.45, 2.75) is 51.2 Å². The van der Waals surface area contributed by atoms with E-state index in [-0.39, 0.29) is 24.2 Å². The molecule has 1 aromatic heterocycles. The Bertz CT molecular complexity index is 1160. The third-order valence-corrected chi connectivity index (χ3v) is 6.64. The van der Waals surface area contributed by atoms with Gasteiger partial charge in [0.25, 0.3) is 5.91 Å². The minimum atomic E-state index is -0.441. The summed E-state index contributed by atoms with van der Waals surface area (Å²) in [5.74, 6) is 0.682. The Kier molecular flexibility index (Phi) is 8.65. The Hall–Kier alpha value is -2.61. The topological polar surface area (TPSA) is 76.4 Å². The van der Waals surface area contributed by atoms with E-state index in [1.165, 1.54) is 6.42 Å². The summed E-state index contributed by atoms with van der Waals surface area (Å²) in [6.07, 6.45) is 5.52. The van der Waals surface area contributed by atoms with Crippen molar-refractivity contribution in [1.29, 1.82) is 0 Å². The molecular formula is C26H28Cl2FN3O3. The SMILES string of the molecule is O=C(NC1CCCCC1)c1nc(-c2ccc(Cl)cc2Cl)n(-c2ccc(OCCCF)cc2)c1CO. The average Bonchev–Trinajstić information content (AvgIpc) is 3.25. The van der Waals surface area contributed by atoms with E-state index in [2.05, 4.69) is 10.3 Å². The quantitative estimate of drug-likeness (QED) is 0.333. The van der Waals surface area contributed by atoms with Crippen LogP contribution in [-0.4, -0.2) is 39.9 Å². The molecule has 9 heteroatoms. The summed E-state index contributed by atoms with van der Waals surface area (Å²) in [5, 5.41) is 14.3. The molecule has 1 fully saturated rings. The predicted molar refractivity (Wildman–Crippen MR) is 135 cm³/mol. The van der Waals surface area contributed by atoms with Gasteiger partial charge >= 0.3 is 0 Å². The minimum absolute atomic E-state index is 0.0938. The van der Waals surface area contributed by atoms with E-state index in [4.69, 9.17) is 27.9 Å². The van der Waals surface area contributed by atoms with Crippen LogP contribution < -0.4 is 10.1 Å². The molecule has 0 aliphatic heterocycles. The van der Waals surface area contributed by atoms with E-state index in [0.29, 0.717) is 45.0 Å². The van der Waals surface area contributed by atoms with Crippen LogP contribution in [0.15, 0.2) is 42.5 Å². The van der Waals surface area contributed by atoms with E-state index < -0.39 is 13.3 Å². The lowest BCUT2D eigenvalue weighted by molar-refractivity contribution is 0.0919. The Labute approximate surface area is 214 Å². The van der Waals surface area contributed by atoms with Crippen molar-refractivity contribution in [3.8, 4) is 22.8 Å². The number of nitrogens with one attached hydrogen (secondary N) is 1. The maximum atomic E-state index is 13.3. The number of alkyl halides is 1. The number of carbonyl (C=O) groups is 1. The molecule has 35 heavy (non-hydrogen) atoms. The van der Waals surface area contributed by atoms with Crippen molar-refractivity contribution in [1.82, 2.24) is 14.9 Å². The lowest BCUT2D eigenvalue weighted by Crippen LogP contribution is -2.36. The number of amides is 1. The second-order valence-electron chi connectivity index (χ2n) is 8.54. The first-order chi connectivity index (χ1) is 17.0. The molecule has 6 nitrogen and oxygen atoms in total. The van der Waals surface area contributed by atoms with Crippen molar-refractivity contribution in [2.75, 3.05) is 13.3 Å². The van der Waals surface area contributed by atoms with Crippen LogP contribution in [0.2, 0.25) is 10.0 Å². The average molecular weight is 520 g/mol. The lowest BCUT2D eigenvalue weighted by atomic mass is 9.95. The predicted octanol–water partition coefficient (Wildman–Crippen LogP) is 6.14. The van der Waals surface area contributed by atoms with Gasteiger partial charge in [-0.1, -0.05) is 42.5 Å². The molecule has 0 radical (unpaired) electrons. The van der Waals surface area contributed by atoms with Crippen LogP contribution in [0.25, 0.3) is 17.1 Å². The maximum Gasteiger partial charge on any atom is 0.272 e. The van der Waals surface area contributed by atoms with E-state index in [9.17, 15) is 14.3 Å². The number of nitrogens with zero attached hydrogens (tertiary/aromatic N) is 2. The Morgan fingerprint density at radius 2 is 1.89 bits per heavy atom. The summed E-state index contributed by atoms with van der Waals surface area (Å²) >= 11 is 12.6. The van der Waals surface area contributed by atoms with E-state index in [1.807, 2.05) is 0 Å². The van der Waals surface area contributed by atoms with Crippen molar-refractivity contribution in [2.24, 2.45) is 0 Å². The number of halogens is 3. The molecular weight excluding hydrogens is 492 g/mol. The van der Waals surface area contributed by atoms with Gasteiger partial charge in [-0.15, -0.1) is 0 Å². The minimum Gasteiger partial charge on any atom is -0.493 e. The molecule has 1 amide bonds. The number of ether oxygens (including phenoxy) is 1. The zero-order valence-corrected chi connectivity index (χ0v) is 20.8. The van der Waals surface area contributed by atoms with Gasteiger partial charge in [-0.3, -0.25) is 13.8 Å². The van der Waals surface area contributed by atoms with Crippen LogP contribution in [0.5, 0.6) is 5.75 Å². The summed E-state index contributed by atoms with van der Waals surface area (Å²) in [5.41, 5.74) is 1.75. The fraction of sp³-hybridized carbons (Fsp3) is 0.385. The molecule has 3 aromatic rings. The number of aliphatic hydroxyl groups is 1. The van der Waals surface area contributed by atoms with Gasteiger partial charge < -0.3 is 15.2 Å². The molecule has 1 heterocycles. The molecule has 2 N–H and O–H groups in total. The van der Waals surface area contributed by atoms with Crippen LogP contribution in [0.4, 0.5) is 4.39 Å². The molecule has 0 unspecified atom stereocenters. The second kappa shape index (κ2) is 11.9. The molecule has 1 saturated carbocycles. The summed E-state index contributed by atoms with van der Waals surface area (Å²) in [7, 11) is 0. The number of benzene rings is 2. The molecule has 0 spiro atoms. The maximum absolute atomic E-state index is 13.3. The van der Waals surface area contributed by atoms with Crippen molar-refractivity contribution < 1.29 is 19.0 Å². The van der Waals surface area contributed by atoms with Crippen LogP contribution in [0, 0.1) is 0 Å². The normalized spacial score (nSPS) is 14.2. The highest BCUT2D eigenvalue weighted by molar-refractivity contribution is 6.36. The molecule has 1 aliphatic carbocycles. The highest BCUT2D eigenvalue weighted by Crippen LogP contribution is 2.34. The summed E-state index contributed by atoms with van der Waals surface area (Å²) < 4.78 is 19.7. The van der Waals surface area contributed by atoms with Crippen molar-refractivity contribution >= 4 is 29.1 Å². The van der Waals surface area contributed by atoms with Crippen LogP contribution in [-0.2, 0) is 6.61 Å². The molecule has 0 saturated heterocycles. The number of carbonyl (C=O) groups excluding carboxylic acids is 1. The summed E-state index contributed by atoms with van der Waals surface area (Å²) in [6, 6.07) is 12.2. The molecule has 1 aliphatic rings. The van der Waals surface area contributed by atoms with Crippen LogP contribution >= 0.6 is 23.2 Å². The number of aliphatic hydroxyl groups excluding tert-OH is 1. The van der Waals surface area contributed by atoms with Crippen molar-refractivity contribution in [3.05, 3.63) is 63.9 Å².